The summed E-state index contributed by atoms with van der Waals surface area (Å²) < 4.78 is 12.3. The van der Waals surface area contributed by atoms with E-state index in [0.717, 1.165) is 17.1 Å². The Bertz CT molecular complexity index is 653. The van der Waals surface area contributed by atoms with Gasteiger partial charge in [0.25, 0.3) is 5.91 Å². The quantitative estimate of drug-likeness (QED) is 0.713. The smallest absolute Gasteiger partial charge is 0.253 e. The lowest BCUT2D eigenvalue weighted by molar-refractivity contribution is 0.0692. The minimum absolute atomic E-state index is 0.0780. The fourth-order valence-electron chi connectivity index (χ4n) is 2.50. The van der Waals surface area contributed by atoms with Crippen LogP contribution >= 0.6 is 0 Å². The molecule has 0 aliphatic carbocycles. The van der Waals surface area contributed by atoms with Crippen LogP contribution in [0.15, 0.2) is 30.5 Å². The van der Waals surface area contributed by atoms with E-state index in [9.17, 15) is 4.79 Å². The number of aromatic nitrogens is 2. The van der Waals surface area contributed by atoms with E-state index in [0.29, 0.717) is 38.5 Å². The fraction of sp³-hybridized carbons (Fsp3) is 0.444. The van der Waals surface area contributed by atoms with Crippen LogP contribution < -0.4 is 5.32 Å². The lowest BCUT2D eigenvalue weighted by Crippen LogP contribution is -2.28. The highest BCUT2D eigenvalue weighted by Crippen LogP contribution is 2.16. The standard InChI is InChI=1S/C18H25N3O3/c1-14-12-17(18(22)20-8-9-24-11-10-23-3)15(2)21(14)13-16-6-4-5-7-19-16/h4-7,12H,8-11,13H2,1-3H3,(H,20,22). The zero-order chi connectivity index (χ0) is 17.4. The molecule has 0 fully saturated rings. The molecule has 0 saturated carbocycles. The first-order valence-electron chi connectivity index (χ1n) is 8.05. The molecule has 6 heteroatoms. The molecule has 0 spiro atoms. The predicted molar refractivity (Wildman–Crippen MR) is 92.3 cm³/mol. The molecule has 0 unspecified atom stereocenters. The number of amides is 1. The van der Waals surface area contributed by atoms with Crippen molar-refractivity contribution >= 4 is 5.91 Å². The second-order valence-corrected chi connectivity index (χ2v) is 5.55. The number of aryl methyl sites for hydroxylation is 1. The normalized spacial score (nSPS) is 10.8. The minimum atomic E-state index is -0.0780. The minimum Gasteiger partial charge on any atom is -0.382 e. The van der Waals surface area contributed by atoms with Crippen LogP contribution in [-0.2, 0) is 16.0 Å². The Hall–Kier alpha value is -2.18. The maximum Gasteiger partial charge on any atom is 0.253 e. The van der Waals surface area contributed by atoms with Crippen LogP contribution in [0.4, 0.5) is 0 Å². The van der Waals surface area contributed by atoms with Crippen molar-refractivity contribution < 1.29 is 14.3 Å². The molecule has 0 bridgehead atoms. The first-order chi connectivity index (χ1) is 11.6. The summed E-state index contributed by atoms with van der Waals surface area (Å²) >= 11 is 0. The van der Waals surface area contributed by atoms with Crippen molar-refractivity contribution in [1.29, 1.82) is 0 Å². The highest BCUT2D eigenvalue weighted by atomic mass is 16.5. The number of ether oxygens (including phenoxy) is 2. The highest BCUT2D eigenvalue weighted by Gasteiger charge is 2.15. The zero-order valence-corrected chi connectivity index (χ0v) is 14.5. The third-order valence-electron chi connectivity index (χ3n) is 3.83. The van der Waals surface area contributed by atoms with Crippen LogP contribution in [0.1, 0.15) is 27.4 Å². The molecule has 24 heavy (non-hydrogen) atoms. The Morgan fingerprint density at radius 3 is 2.79 bits per heavy atom. The van der Waals surface area contributed by atoms with E-state index in [-0.39, 0.29) is 5.91 Å². The van der Waals surface area contributed by atoms with E-state index in [1.807, 2.05) is 38.1 Å². The topological polar surface area (TPSA) is 65.4 Å². The third kappa shape index (κ3) is 4.91. The van der Waals surface area contributed by atoms with E-state index in [1.165, 1.54) is 0 Å². The van der Waals surface area contributed by atoms with Crippen molar-refractivity contribution in [2.24, 2.45) is 0 Å². The number of carbonyl (C=O) groups excluding carboxylic acids is 1. The van der Waals surface area contributed by atoms with Crippen LogP contribution in [0.5, 0.6) is 0 Å². The summed E-state index contributed by atoms with van der Waals surface area (Å²) in [6.45, 7) is 6.66. The molecule has 1 N–H and O–H groups in total. The molecule has 0 aliphatic heterocycles. The van der Waals surface area contributed by atoms with Gasteiger partial charge in [0, 0.05) is 31.2 Å². The monoisotopic (exact) mass is 331 g/mol. The largest absolute Gasteiger partial charge is 0.382 e. The molecule has 0 atom stereocenters. The first kappa shape index (κ1) is 18.2. The molecular weight excluding hydrogens is 306 g/mol. The maximum atomic E-state index is 12.4. The Kier molecular flexibility index (Phi) is 6.96. The molecule has 2 aromatic heterocycles. The molecule has 0 aliphatic rings. The molecule has 2 rings (SSSR count). The number of hydrogen-bond donors (Lipinski definition) is 1. The number of methoxy groups -OCH3 is 1. The fourth-order valence-corrected chi connectivity index (χ4v) is 2.50. The Labute approximate surface area is 142 Å². The van der Waals surface area contributed by atoms with E-state index in [1.54, 1.807) is 13.3 Å². The summed E-state index contributed by atoms with van der Waals surface area (Å²) in [4.78, 5) is 16.7. The highest BCUT2D eigenvalue weighted by molar-refractivity contribution is 5.95. The molecule has 130 valence electrons. The number of pyridine rings is 1. The van der Waals surface area contributed by atoms with Gasteiger partial charge in [-0.1, -0.05) is 6.07 Å². The molecule has 0 radical (unpaired) electrons. The van der Waals surface area contributed by atoms with Gasteiger partial charge in [-0.2, -0.15) is 0 Å². The lowest BCUT2D eigenvalue weighted by Gasteiger charge is -2.10. The summed E-state index contributed by atoms with van der Waals surface area (Å²) in [5.41, 5.74) is 3.65. The molecule has 6 nitrogen and oxygen atoms in total. The van der Waals surface area contributed by atoms with Crippen molar-refractivity contribution in [2.75, 3.05) is 33.5 Å². The summed E-state index contributed by atoms with van der Waals surface area (Å²) in [7, 11) is 1.63. The Balaban J connectivity index is 1.93. The number of nitrogens with one attached hydrogen (secondary N) is 1. The van der Waals surface area contributed by atoms with Gasteiger partial charge < -0.3 is 19.4 Å². The Morgan fingerprint density at radius 2 is 2.08 bits per heavy atom. The molecule has 0 aromatic carbocycles. The van der Waals surface area contributed by atoms with Crippen molar-refractivity contribution in [3.05, 3.63) is 53.1 Å². The number of rotatable bonds is 9. The summed E-state index contributed by atoms with van der Waals surface area (Å²) in [6.07, 6.45) is 1.78. The van der Waals surface area contributed by atoms with Crippen molar-refractivity contribution in [1.82, 2.24) is 14.9 Å². The van der Waals surface area contributed by atoms with Gasteiger partial charge >= 0.3 is 0 Å². The molecule has 2 aromatic rings. The maximum absolute atomic E-state index is 12.4. The zero-order valence-electron chi connectivity index (χ0n) is 14.5. The van der Waals surface area contributed by atoms with Gasteiger partial charge in [0.2, 0.25) is 0 Å². The van der Waals surface area contributed by atoms with Gasteiger partial charge in [0.15, 0.2) is 0 Å². The van der Waals surface area contributed by atoms with Gasteiger partial charge in [-0.15, -0.1) is 0 Å². The summed E-state index contributed by atoms with van der Waals surface area (Å²) in [5.74, 6) is -0.0780. The van der Waals surface area contributed by atoms with E-state index in [2.05, 4.69) is 14.9 Å². The second-order valence-electron chi connectivity index (χ2n) is 5.55. The molecular formula is C18H25N3O3. The predicted octanol–water partition coefficient (Wildman–Crippen LogP) is 1.94. The van der Waals surface area contributed by atoms with Crippen molar-refractivity contribution in [3.63, 3.8) is 0 Å². The van der Waals surface area contributed by atoms with Gasteiger partial charge in [0.05, 0.1) is 37.6 Å². The van der Waals surface area contributed by atoms with Crippen LogP contribution in [0.3, 0.4) is 0 Å². The van der Waals surface area contributed by atoms with Gasteiger partial charge in [0.1, 0.15) is 0 Å². The average Bonchev–Trinajstić information content (AvgIpc) is 2.87. The number of hydrogen-bond acceptors (Lipinski definition) is 4. The third-order valence-corrected chi connectivity index (χ3v) is 3.83. The molecule has 0 saturated heterocycles. The molecule has 2 heterocycles. The average molecular weight is 331 g/mol. The van der Waals surface area contributed by atoms with Gasteiger partial charge in [-0.3, -0.25) is 9.78 Å². The van der Waals surface area contributed by atoms with Crippen LogP contribution in [0.25, 0.3) is 0 Å². The van der Waals surface area contributed by atoms with Crippen molar-refractivity contribution in [3.8, 4) is 0 Å². The summed E-state index contributed by atoms with van der Waals surface area (Å²) in [6, 6.07) is 7.76. The second kappa shape index (κ2) is 9.20. The van der Waals surface area contributed by atoms with Crippen LogP contribution in [0, 0.1) is 13.8 Å². The van der Waals surface area contributed by atoms with E-state index >= 15 is 0 Å². The SMILES string of the molecule is COCCOCCNC(=O)c1cc(C)n(Cc2ccccn2)c1C. The number of nitrogens with zero attached hydrogens (tertiary/aromatic N) is 2. The van der Waals surface area contributed by atoms with Gasteiger partial charge in [-0.05, 0) is 32.0 Å². The van der Waals surface area contributed by atoms with Crippen LogP contribution in [-0.4, -0.2) is 48.9 Å². The Morgan fingerprint density at radius 1 is 1.25 bits per heavy atom. The van der Waals surface area contributed by atoms with Gasteiger partial charge in [-0.25, -0.2) is 0 Å². The first-order valence-corrected chi connectivity index (χ1v) is 8.05. The lowest BCUT2D eigenvalue weighted by atomic mass is 10.2. The van der Waals surface area contributed by atoms with E-state index < -0.39 is 0 Å². The van der Waals surface area contributed by atoms with Crippen LogP contribution in [0.2, 0.25) is 0 Å². The van der Waals surface area contributed by atoms with Crippen molar-refractivity contribution in [2.45, 2.75) is 20.4 Å². The summed E-state index contributed by atoms with van der Waals surface area (Å²) in [5, 5.41) is 2.89. The molecule has 1 amide bonds. The number of carbonyl (C=O) groups is 1. The van der Waals surface area contributed by atoms with E-state index in [4.69, 9.17) is 9.47 Å².